The van der Waals surface area contributed by atoms with Gasteiger partial charge in [-0.25, -0.2) is 4.98 Å². The monoisotopic (exact) mass is 463 g/mol. The molecule has 1 saturated carbocycles. The SMILES string of the molecule is COCCN(C)Cc1csc(-c2cn(CC3CCCCC3)c3c(OC)cccc23)n1.Cl. The first-order valence-corrected chi connectivity index (χ1v) is 11.9. The lowest BCUT2D eigenvalue weighted by atomic mass is 9.89. The molecular weight excluding hydrogens is 430 g/mol. The van der Waals surface area contributed by atoms with E-state index in [0.717, 1.165) is 48.6 Å². The van der Waals surface area contributed by atoms with Crippen LogP contribution in [0.25, 0.3) is 21.5 Å². The van der Waals surface area contributed by atoms with Gasteiger partial charge in [-0.05, 0) is 31.9 Å². The van der Waals surface area contributed by atoms with Gasteiger partial charge in [0.15, 0.2) is 0 Å². The topological polar surface area (TPSA) is 39.5 Å². The fourth-order valence-electron chi connectivity index (χ4n) is 4.56. The predicted octanol–water partition coefficient (Wildman–Crippen LogP) is 5.85. The number of methoxy groups -OCH3 is 2. The van der Waals surface area contributed by atoms with Gasteiger partial charge >= 0.3 is 0 Å². The summed E-state index contributed by atoms with van der Waals surface area (Å²) in [6.07, 6.45) is 9.08. The van der Waals surface area contributed by atoms with E-state index in [1.165, 1.54) is 48.6 Å². The Labute approximate surface area is 195 Å². The molecule has 0 unspecified atom stereocenters. The van der Waals surface area contributed by atoms with Gasteiger partial charge in [-0.3, -0.25) is 4.90 Å². The van der Waals surface area contributed by atoms with Crippen LogP contribution in [0.2, 0.25) is 0 Å². The molecule has 0 atom stereocenters. The normalized spacial score (nSPS) is 14.8. The minimum Gasteiger partial charge on any atom is -0.495 e. The molecule has 0 radical (unpaired) electrons. The van der Waals surface area contributed by atoms with Crippen molar-refractivity contribution in [3.05, 3.63) is 35.5 Å². The summed E-state index contributed by atoms with van der Waals surface area (Å²) in [5, 5.41) is 4.51. The van der Waals surface area contributed by atoms with Crippen LogP contribution in [0.1, 0.15) is 37.8 Å². The Morgan fingerprint density at radius 3 is 2.74 bits per heavy atom. The molecule has 5 nitrogen and oxygen atoms in total. The number of likely N-dealkylation sites (N-methyl/N-ethyl adjacent to an activating group) is 1. The Hall–Kier alpha value is -1.60. The average Bonchev–Trinajstić information content (AvgIpc) is 3.37. The van der Waals surface area contributed by atoms with E-state index in [2.05, 4.69) is 46.3 Å². The molecule has 2 aromatic heterocycles. The minimum atomic E-state index is 0. The first-order chi connectivity index (χ1) is 14.7. The highest BCUT2D eigenvalue weighted by atomic mass is 35.5. The second kappa shape index (κ2) is 11.3. The van der Waals surface area contributed by atoms with E-state index < -0.39 is 0 Å². The standard InChI is InChI=1S/C24H33N3O2S.ClH/c1-26(12-13-28-2)15-19-17-30-24(25-19)21-16-27(14-18-8-5-4-6-9-18)23-20(21)10-7-11-22(23)29-3;/h7,10-11,16-18H,4-6,8-9,12-15H2,1-3H3;1H. The van der Waals surface area contributed by atoms with Gasteiger partial charge in [-0.2, -0.15) is 0 Å². The van der Waals surface area contributed by atoms with Gasteiger partial charge in [0.1, 0.15) is 10.8 Å². The van der Waals surface area contributed by atoms with Crippen LogP contribution in [0, 0.1) is 5.92 Å². The lowest BCUT2D eigenvalue weighted by Crippen LogP contribution is -2.22. The molecule has 1 aliphatic carbocycles. The smallest absolute Gasteiger partial charge is 0.143 e. The van der Waals surface area contributed by atoms with E-state index in [4.69, 9.17) is 14.5 Å². The summed E-state index contributed by atoms with van der Waals surface area (Å²) in [4.78, 5) is 7.22. The van der Waals surface area contributed by atoms with Gasteiger partial charge in [0.05, 0.1) is 24.9 Å². The molecule has 3 aromatic rings. The molecule has 7 heteroatoms. The molecule has 1 fully saturated rings. The Morgan fingerprint density at radius 1 is 1.19 bits per heavy atom. The molecule has 0 bridgehead atoms. The number of hydrogen-bond donors (Lipinski definition) is 0. The first-order valence-electron chi connectivity index (χ1n) is 11.0. The number of rotatable bonds is 9. The number of nitrogens with zero attached hydrogens (tertiary/aromatic N) is 3. The van der Waals surface area contributed by atoms with Crippen molar-refractivity contribution in [2.75, 3.05) is 34.4 Å². The van der Waals surface area contributed by atoms with Crippen LogP contribution in [-0.4, -0.2) is 48.9 Å². The van der Waals surface area contributed by atoms with Crippen molar-refractivity contribution in [3.8, 4) is 16.3 Å². The third-order valence-electron chi connectivity index (χ3n) is 6.15. The zero-order chi connectivity index (χ0) is 20.9. The number of hydrogen-bond acceptors (Lipinski definition) is 5. The number of thiazole rings is 1. The van der Waals surface area contributed by atoms with E-state index in [0.29, 0.717) is 0 Å². The van der Waals surface area contributed by atoms with Crippen LogP contribution in [0.5, 0.6) is 5.75 Å². The van der Waals surface area contributed by atoms with Crippen LogP contribution in [0.15, 0.2) is 29.8 Å². The lowest BCUT2D eigenvalue weighted by Gasteiger charge is -2.22. The Morgan fingerprint density at radius 2 is 2.00 bits per heavy atom. The molecule has 0 saturated heterocycles. The highest BCUT2D eigenvalue weighted by Crippen LogP contribution is 2.38. The van der Waals surface area contributed by atoms with Crippen molar-refractivity contribution in [1.82, 2.24) is 14.5 Å². The summed E-state index contributed by atoms with van der Waals surface area (Å²) >= 11 is 1.73. The van der Waals surface area contributed by atoms with Gasteiger partial charge in [0, 0.05) is 49.3 Å². The molecule has 1 aliphatic rings. The van der Waals surface area contributed by atoms with Crippen molar-refractivity contribution in [1.29, 1.82) is 0 Å². The van der Waals surface area contributed by atoms with Gasteiger partial charge in [-0.15, -0.1) is 23.7 Å². The quantitative estimate of drug-likeness (QED) is 0.398. The second-order valence-electron chi connectivity index (χ2n) is 8.43. The molecule has 170 valence electrons. The third-order valence-corrected chi connectivity index (χ3v) is 7.08. The third kappa shape index (κ3) is 5.61. The fraction of sp³-hybridized carbons (Fsp3) is 0.542. The molecule has 0 N–H and O–H groups in total. The van der Waals surface area contributed by atoms with Crippen molar-refractivity contribution < 1.29 is 9.47 Å². The van der Waals surface area contributed by atoms with E-state index >= 15 is 0 Å². The molecule has 0 amide bonds. The number of halogens is 1. The maximum absolute atomic E-state index is 5.75. The summed E-state index contributed by atoms with van der Waals surface area (Å²) in [5.41, 5.74) is 3.54. The van der Waals surface area contributed by atoms with Crippen LogP contribution >= 0.6 is 23.7 Å². The highest BCUT2D eigenvalue weighted by molar-refractivity contribution is 7.13. The number of ether oxygens (including phenoxy) is 2. The van der Waals surface area contributed by atoms with Crippen LogP contribution in [0.3, 0.4) is 0 Å². The maximum Gasteiger partial charge on any atom is 0.143 e. The zero-order valence-corrected chi connectivity index (χ0v) is 20.4. The average molecular weight is 464 g/mol. The van der Waals surface area contributed by atoms with Gasteiger partial charge in [0.2, 0.25) is 0 Å². The molecule has 31 heavy (non-hydrogen) atoms. The number of para-hydroxylation sites is 1. The van der Waals surface area contributed by atoms with E-state index in [1.54, 1.807) is 25.6 Å². The fourth-order valence-corrected chi connectivity index (χ4v) is 5.39. The first kappa shape index (κ1) is 24.1. The molecule has 2 heterocycles. The molecule has 0 spiro atoms. The van der Waals surface area contributed by atoms with Crippen molar-refractivity contribution in [2.24, 2.45) is 5.92 Å². The summed E-state index contributed by atoms with van der Waals surface area (Å²) < 4.78 is 13.4. The van der Waals surface area contributed by atoms with Crippen molar-refractivity contribution in [2.45, 2.75) is 45.2 Å². The lowest BCUT2D eigenvalue weighted by molar-refractivity contribution is 0.158. The van der Waals surface area contributed by atoms with E-state index in [-0.39, 0.29) is 12.4 Å². The zero-order valence-electron chi connectivity index (χ0n) is 18.8. The molecule has 0 aliphatic heterocycles. The van der Waals surface area contributed by atoms with Crippen molar-refractivity contribution >= 4 is 34.6 Å². The Kier molecular flexibility index (Phi) is 8.78. The predicted molar refractivity (Wildman–Crippen MR) is 132 cm³/mol. The van der Waals surface area contributed by atoms with Crippen LogP contribution in [0.4, 0.5) is 0 Å². The molecule has 1 aromatic carbocycles. The van der Waals surface area contributed by atoms with Gasteiger partial charge < -0.3 is 14.0 Å². The Balaban J connectivity index is 0.00000272. The van der Waals surface area contributed by atoms with E-state index in [1.807, 2.05) is 0 Å². The van der Waals surface area contributed by atoms with Crippen LogP contribution < -0.4 is 4.74 Å². The second-order valence-corrected chi connectivity index (χ2v) is 9.29. The van der Waals surface area contributed by atoms with Crippen LogP contribution in [-0.2, 0) is 17.8 Å². The largest absolute Gasteiger partial charge is 0.495 e. The summed E-state index contributed by atoms with van der Waals surface area (Å²) in [7, 11) is 5.62. The minimum absolute atomic E-state index is 0. The number of benzene rings is 1. The summed E-state index contributed by atoms with van der Waals surface area (Å²) in [6.45, 7) is 3.54. The molecular formula is C24H34ClN3O2S. The maximum atomic E-state index is 5.75. The number of aromatic nitrogens is 2. The summed E-state index contributed by atoms with van der Waals surface area (Å²) in [5.74, 6) is 1.71. The van der Waals surface area contributed by atoms with Crippen molar-refractivity contribution in [3.63, 3.8) is 0 Å². The summed E-state index contributed by atoms with van der Waals surface area (Å²) in [6, 6.07) is 6.36. The number of fused-ring (bicyclic) bond motifs is 1. The Bertz CT molecular complexity index is 965. The molecule has 4 rings (SSSR count). The van der Waals surface area contributed by atoms with Gasteiger partial charge in [0.25, 0.3) is 0 Å². The van der Waals surface area contributed by atoms with E-state index in [9.17, 15) is 0 Å². The highest BCUT2D eigenvalue weighted by Gasteiger charge is 2.20. The van der Waals surface area contributed by atoms with Gasteiger partial charge in [-0.1, -0.05) is 31.4 Å².